The zero-order valence-electron chi connectivity index (χ0n) is 15.0. The molecule has 2 aromatic heterocycles. The van der Waals surface area contributed by atoms with Crippen molar-refractivity contribution in [1.29, 1.82) is 0 Å². The Morgan fingerprint density at radius 3 is 2.56 bits per heavy atom. The van der Waals surface area contributed by atoms with E-state index in [0.717, 1.165) is 27.6 Å². The van der Waals surface area contributed by atoms with Crippen molar-refractivity contribution in [2.45, 2.75) is 45.4 Å². The summed E-state index contributed by atoms with van der Waals surface area (Å²) in [5.41, 5.74) is 2.01. The summed E-state index contributed by atoms with van der Waals surface area (Å²) in [4.78, 5) is 0. The molecule has 3 aromatic rings. The Bertz CT molecular complexity index is 943. The average Bonchev–Trinajstić information content (AvgIpc) is 3.11. The molecule has 0 aliphatic carbocycles. The number of hydrogen-bond donors (Lipinski definition) is 3. The van der Waals surface area contributed by atoms with Crippen LogP contribution in [0.3, 0.4) is 0 Å². The van der Waals surface area contributed by atoms with E-state index in [4.69, 9.17) is 0 Å². The third kappa shape index (κ3) is 4.11. The van der Waals surface area contributed by atoms with Gasteiger partial charge in [0.15, 0.2) is 0 Å². The van der Waals surface area contributed by atoms with E-state index in [1.54, 1.807) is 33.9 Å². The zero-order chi connectivity index (χ0) is 18.2. The molecule has 25 heavy (non-hydrogen) atoms. The maximum absolute atomic E-state index is 10.2. The van der Waals surface area contributed by atoms with Crippen molar-refractivity contribution in [1.82, 2.24) is 14.8 Å². The van der Waals surface area contributed by atoms with Crippen molar-refractivity contribution in [2.75, 3.05) is 0 Å². The molecule has 130 valence electrons. The first-order valence-corrected chi connectivity index (χ1v) is 8.22. The fourth-order valence-corrected chi connectivity index (χ4v) is 2.78. The van der Waals surface area contributed by atoms with Gasteiger partial charge >= 0.3 is 0 Å². The molecule has 2 heterocycles. The number of aliphatic hydroxyl groups is 2. The van der Waals surface area contributed by atoms with E-state index in [9.17, 15) is 10.2 Å². The predicted octanol–water partition coefficient (Wildman–Crippen LogP) is 2.92. The van der Waals surface area contributed by atoms with E-state index in [-0.39, 0.29) is 0 Å². The van der Waals surface area contributed by atoms with Crippen LogP contribution in [0, 0.1) is 11.8 Å². The first-order valence-electron chi connectivity index (χ1n) is 8.22. The van der Waals surface area contributed by atoms with Crippen molar-refractivity contribution in [3.8, 4) is 23.0 Å². The molecule has 1 aromatic carbocycles. The summed E-state index contributed by atoms with van der Waals surface area (Å²) in [6, 6.07) is 5.94. The number of aromatic amines is 1. The summed E-state index contributed by atoms with van der Waals surface area (Å²) in [6.45, 7) is 7.39. The Balaban J connectivity index is 2.16. The SMILES string of the molecule is CC(C)(O)C#Cc1ccc2c(c1)c(-c1cn[nH]c1)cn2CC(C)(C)O. The lowest BCUT2D eigenvalue weighted by atomic mass is 10.0. The standard InChI is InChI=1S/C20H23N3O2/c1-19(2,24)8-7-14-5-6-18-16(9-14)17(15-10-21-22-11-15)12-23(18)13-20(3,4)25/h5-6,9-12,24-25H,13H2,1-4H3,(H,21,22). The Kier molecular flexibility index (Phi) is 4.19. The van der Waals surface area contributed by atoms with Gasteiger partial charge in [-0.3, -0.25) is 5.10 Å². The van der Waals surface area contributed by atoms with Gasteiger partial charge in [0.2, 0.25) is 0 Å². The van der Waals surface area contributed by atoms with Crippen LogP contribution in [0.15, 0.2) is 36.8 Å². The lowest BCUT2D eigenvalue weighted by Gasteiger charge is -2.18. The molecule has 5 nitrogen and oxygen atoms in total. The molecule has 0 aliphatic heterocycles. The van der Waals surface area contributed by atoms with E-state index < -0.39 is 11.2 Å². The smallest absolute Gasteiger partial charge is 0.120 e. The van der Waals surface area contributed by atoms with Crippen molar-refractivity contribution >= 4 is 10.9 Å². The molecule has 0 unspecified atom stereocenters. The minimum Gasteiger partial charge on any atom is -0.389 e. The van der Waals surface area contributed by atoms with Crippen molar-refractivity contribution < 1.29 is 10.2 Å². The number of fused-ring (bicyclic) bond motifs is 1. The molecular weight excluding hydrogens is 314 g/mol. The Hall–Kier alpha value is -2.55. The second-order valence-electron chi connectivity index (χ2n) is 7.51. The highest BCUT2D eigenvalue weighted by atomic mass is 16.3. The summed E-state index contributed by atoms with van der Waals surface area (Å²) < 4.78 is 2.05. The molecular formula is C20H23N3O2. The van der Waals surface area contributed by atoms with E-state index >= 15 is 0 Å². The fraction of sp³-hybridized carbons (Fsp3) is 0.350. The number of rotatable bonds is 3. The highest BCUT2D eigenvalue weighted by Crippen LogP contribution is 2.31. The summed E-state index contributed by atoms with van der Waals surface area (Å²) >= 11 is 0. The first kappa shape index (κ1) is 17.3. The minimum atomic E-state index is -1.03. The topological polar surface area (TPSA) is 74.1 Å². The Morgan fingerprint density at radius 1 is 1.20 bits per heavy atom. The van der Waals surface area contributed by atoms with Crippen LogP contribution in [0.25, 0.3) is 22.0 Å². The monoisotopic (exact) mass is 337 g/mol. The summed E-state index contributed by atoms with van der Waals surface area (Å²) in [6.07, 6.45) is 5.65. The average molecular weight is 337 g/mol. The molecule has 5 heteroatoms. The largest absolute Gasteiger partial charge is 0.389 e. The lowest BCUT2D eigenvalue weighted by Crippen LogP contribution is -2.25. The van der Waals surface area contributed by atoms with E-state index in [0.29, 0.717) is 6.54 Å². The number of aromatic nitrogens is 3. The van der Waals surface area contributed by atoms with Crippen LogP contribution in [0.5, 0.6) is 0 Å². The van der Waals surface area contributed by atoms with Gasteiger partial charge in [-0.2, -0.15) is 5.10 Å². The fourth-order valence-electron chi connectivity index (χ4n) is 2.78. The molecule has 3 rings (SSSR count). The van der Waals surface area contributed by atoms with Crippen molar-refractivity contribution in [3.05, 3.63) is 42.4 Å². The molecule has 0 atom stereocenters. The quantitative estimate of drug-likeness (QED) is 0.643. The normalized spacial score (nSPS) is 12.2. The molecule has 0 saturated carbocycles. The van der Waals surface area contributed by atoms with Gasteiger partial charge in [0.05, 0.1) is 18.3 Å². The summed E-state index contributed by atoms with van der Waals surface area (Å²) in [7, 11) is 0. The molecule has 0 radical (unpaired) electrons. The molecule has 0 fully saturated rings. The molecule has 0 saturated heterocycles. The van der Waals surface area contributed by atoms with E-state index in [1.165, 1.54) is 0 Å². The van der Waals surface area contributed by atoms with Gasteiger partial charge in [0, 0.05) is 40.0 Å². The maximum atomic E-state index is 10.2. The van der Waals surface area contributed by atoms with Crippen LogP contribution in [-0.2, 0) is 6.54 Å². The number of nitrogens with zero attached hydrogens (tertiary/aromatic N) is 2. The van der Waals surface area contributed by atoms with Crippen LogP contribution in [0.1, 0.15) is 33.3 Å². The van der Waals surface area contributed by atoms with Gasteiger partial charge in [0.1, 0.15) is 5.60 Å². The van der Waals surface area contributed by atoms with Gasteiger partial charge in [-0.1, -0.05) is 11.8 Å². The molecule has 0 spiro atoms. The summed E-state index contributed by atoms with van der Waals surface area (Å²) in [5, 5.41) is 27.9. The van der Waals surface area contributed by atoms with Crippen LogP contribution in [0.2, 0.25) is 0 Å². The highest BCUT2D eigenvalue weighted by molar-refractivity contribution is 5.96. The number of benzene rings is 1. The van der Waals surface area contributed by atoms with Gasteiger partial charge < -0.3 is 14.8 Å². The lowest BCUT2D eigenvalue weighted by molar-refractivity contribution is 0.0628. The first-order chi connectivity index (χ1) is 11.6. The Morgan fingerprint density at radius 2 is 1.96 bits per heavy atom. The van der Waals surface area contributed by atoms with Crippen LogP contribution >= 0.6 is 0 Å². The minimum absolute atomic E-state index is 0.482. The second-order valence-corrected chi connectivity index (χ2v) is 7.51. The van der Waals surface area contributed by atoms with Gasteiger partial charge in [-0.05, 0) is 45.9 Å². The maximum Gasteiger partial charge on any atom is 0.120 e. The van der Waals surface area contributed by atoms with Crippen LogP contribution in [0.4, 0.5) is 0 Å². The van der Waals surface area contributed by atoms with Crippen LogP contribution < -0.4 is 0 Å². The van der Waals surface area contributed by atoms with Gasteiger partial charge in [-0.15, -0.1) is 0 Å². The van der Waals surface area contributed by atoms with Gasteiger partial charge in [0.25, 0.3) is 0 Å². The summed E-state index contributed by atoms with van der Waals surface area (Å²) in [5.74, 6) is 5.87. The molecule has 0 amide bonds. The van der Waals surface area contributed by atoms with Crippen molar-refractivity contribution in [3.63, 3.8) is 0 Å². The number of hydrogen-bond acceptors (Lipinski definition) is 3. The van der Waals surface area contributed by atoms with Crippen LogP contribution in [-0.4, -0.2) is 36.2 Å². The Labute approximate surface area is 147 Å². The second kappa shape index (κ2) is 6.07. The number of nitrogens with one attached hydrogen (secondary N) is 1. The highest BCUT2D eigenvalue weighted by Gasteiger charge is 2.18. The molecule has 0 bridgehead atoms. The predicted molar refractivity (Wildman–Crippen MR) is 99.0 cm³/mol. The third-order valence-corrected chi connectivity index (χ3v) is 3.76. The molecule has 0 aliphatic rings. The number of H-pyrrole nitrogens is 1. The third-order valence-electron chi connectivity index (χ3n) is 3.76. The van der Waals surface area contributed by atoms with E-state index in [1.807, 2.05) is 35.2 Å². The molecule has 3 N–H and O–H groups in total. The van der Waals surface area contributed by atoms with E-state index in [2.05, 4.69) is 22.0 Å². The van der Waals surface area contributed by atoms with Gasteiger partial charge in [-0.25, -0.2) is 0 Å². The zero-order valence-corrected chi connectivity index (χ0v) is 15.0. The van der Waals surface area contributed by atoms with Crippen molar-refractivity contribution in [2.24, 2.45) is 0 Å².